The summed E-state index contributed by atoms with van der Waals surface area (Å²) in [6.07, 6.45) is 0. The zero-order valence-corrected chi connectivity index (χ0v) is 11.4. The van der Waals surface area contributed by atoms with Crippen LogP contribution < -0.4 is 10.1 Å². The number of methoxy groups -OCH3 is 1. The van der Waals surface area contributed by atoms with Gasteiger partial charge < -0.3 is 14.6 Å². The number of aromatic nitrogens is 1. The standard InChI is InChI=1S/C12H12N2O5S/c1-18-7-2-3-8-9(4-7)20-12(13-8)14-10(15)5-19-6-11(16)17/h2-4H,5-6H2,1H3,(H,16,17)(H,13,14,15). The number of fused-ring (bicyclic) bond motifs is 1. The third-order valence-corrected chi connectivity index (χ3v) is 3.23. The zero-order valence-electron chi connectivity index (χ0n) is 10.6. The molecule has 20 heavy (non-hydrogen) atoms. The Labute approximate surface area is 118 Å². The van der Waals surface area contributed by atoms with Crippen LogP contribution in [0.5, 0.6) is 5.75 Å². The third-order valence-electron chi connectivity index (χ3n) is 2.30. The van der Waals surface area contributed by atoms with Crippen molar-refractivity contribution >= 4 is 38.6 Å². The van der Waals surface area contributed by atoms with E-state index >= 15 is 0 Å². The van der Waals surface area contributed by atoms with Crippen molar-refractivity contribution < 1.29 is 24.2 Å². The van der Waals surface area contributed by atoms with Crippen molar-refractivity contribution in [2.24, 2.45) is 0 Å². The molecule has 0 radical (unpaired) electrons. The molecular weight excluding hydrogens is 284 g/mol. The first kappa shape index (κ1) is 14.2. The Kier molecular flexibility index (Phi) is 4.49. The predicted octanol–water partition coefficient (Wildman–Crippen LogP) is 1.34. The van der Waals surface area contributed by atoms with E-state index in [0.717, 1.165) is 10.2 Å². The van der Waals surface area contributed by atoms with Gasteiger partial charge in [-0.1, -0.05) is 11.3 Å². The van der Waals surface area contributed by atoms with Gasteiger partial charge in [-0.25, -0.2) is 9.78 Å². The van der Waals surface area contributed by atoms with Crippen molar-refractivity contribution in [1.29, 1.82) is 0 Å². The molecule has 7 nitrogen and oxygen atoms in total. The van der Waals surface area contributed by atoms with Crippen LogP contribution >= 0.6 is 11.3 Å². The summed E-state index contributed by atoms with van der Waals surface area (Å²) in [4.78, 5) is 26.0. The Morgan fingerprint density at radius 2 is 2.20 bits per heavy atom. The van der Waals surface area contributed by atoms with Gasteiger partial charge in [-0.15, -0.1) is 0 Å². The molecule has 1 amide bonds. The van der Waals surface area contributed by atoms with Gasteiger partial charge in [0.1, 0.15) is 19.0 Å². The Morgan fingerprint density at radius 3 is 2.90 bits per heavy atom. The highest BCUT2D eigenvalue weighted by Gasteiger charge is 2.09. The molecule has 1 aromatic heterocycles. The second-order valence-electron chi connectivity index (χ2n) is 3.79. The molecule has 0 unspecified atom stereocenters. The quantitative estimate of drug-likeness (QED) is 0.835. The van der Waals surface area contributed by atoms with Crippen LogP contribution in [0, 0.1) is 0 Å². The number of carboxylic acids is 1. The molecule has 2 aromatic rings. The van der Waals surface area contributed by atoms with Crippen LogP contribution in [0.1, 0.15) is 0 Å². The predicted molar refractivity (Wildman–Crippen MR) is 73.3 cm³/mol. The summed E-state index contributed by atoms with van der Waals surface area (Å²) in [6.45, 7) is -0.837. The van der Waals surface area contributed by atoms with E-state index < -0.39 is 18.5 Å². The Morgan fingerprint density at radius 1 is 1.40 bits per heavy atom. The number of benzene rings is 1. The van der Waals surface area contributed by atoms with Crippen molar-refractivity contribution in [3.8, 4) is 5.75 Å². The average Bonchev–Trinajstić information content (AvgIpc) is 2.78. The number of anilines is 1. The van der Waals surface area contributed by atoms with Gasteiger partial charge in [-0.2, -0.15) is 0 Å². The number of rotatable bonds is 6. The van der Waals surface area contributed by atoms with Crippen molar-refractivity contribution in [1.82, 2.24) is 4.98 Å². The molecule has 8 heteroatoms. The third kappa shape index (κ3) is 3.65. The number of nitrogens with zero attached hydrogens (tertiary/aromatic N) is 1. The molecule has 0 spiro atoms. The molecule has 1 aromatic carbocycles. The van der Waals surface area contributed by atoms with E-state index in [1.807, 2.05) is 6.07 Å². The van der Waals surface area contributed by atoms with Gasteiger partial charge >= 0.3 is 5.97 Å². The maximum atomic E-state index is 11.5. The number of amides is 1. The normalized spacial score (nSPS) is 10.4. The number of hydrogen-bond donors (Lipinski definition) is 2. The molecule has 1 heterocycles. The molecule has 0 saturated heterocycles. The lowest BCUT2D eigenvalue weighted by atomic mass is 10.3. The highest BCUT2D eigenvalue weighted by atomic mass is 32.1. The maximum absolute atomic E-state index is 11.5. The van der Waals surface area contributed by atoms with E-state index in [0.29, 0.717) is 10.9 Å². The Bertz CT molecular complexity index is 640. The summed E-state index contributed by atoms with van der Waals surface area (Å²) in [5.74, 6) is -0.856. The smallest absolute Gasteiger partial charge is 0.329 e. The fourth-order valence-corrected chi connectivity index (χ4v) is 2.38. The molecular formula is C12H12N2O5S. The molecule has 0 aliphatic carbocycles. The number of carbonyl (C=O) groups excluding carboxylic acids is 1. The van der Waals surface area contributed by atoms with E-state index in [2.05, 4.69) is 15.0 Å². The van der Waals surface area contributed by atoms with Crippen molar-refractivity contribution in [3.63, 3.8) is 0 Å². The topological polar surface area (TPSA) is 97.8 Å². The highest BCUT2D eigenvalue weighted by Crippen LogP contribution is 2.28. The highest BCUT2D eigenvalue weighted by molar-refractivity contribution is 7.22. The minimum Gasteiger partial charge on any atom is -0.497 e. The number of aliphatic carboxylic acids is 1. The number of carboxylic acid groups (broad SMARTS) is 1. The summed E-state index contributed by atoms with van der Waals surface area (Å²) in [5, 5.41) is 11.4. The van der Waals surface area contributed by atoms with Crippen LogP contribution in [0.2, 0.25) is 0 Å². The molecule has 0 fully saturated rings. The number of ether oxygens (including phenoxy) is 2. The first-order valence-corrected chi connectivity index (χ1v) is 6.44. The summed E-state index contributed by atoms with van der Waals surface area (Å²) in [7, 11) is 1.57. The summed E-state index contributed by atoms with van der Waals surface area (Å²) in [5.41, 5.74) is 0.748. The van der Waals surface area contributed by atoms with Crippen LogP contribution in [-0.4, -0.2) is 42.3 Å². The lowest BCUT2D eigenvalue weighted by molar-refractivity contribution is -0.143. The van der Waals surface area contributed by atoms with Crippen LogP contribution in [0.15, 0.2) is 18.2 Å². The SMILES string of the molecule is COc1ccc2nc(NC(=O)COCC(=O)O)sc2c1. The summed E-state index contributed by atoms with van der Waals surface area (Å²) >= 11 is 1.30. The van der Waals surface area contributed by atoms with E-state index in [4.69, 9.17) is 9.84 Å². The van der Waals surface area contributed by atoms with E-state index in [9.17, 15) is 9.59 Å². The molecule has 2 rings (SSSR count). The van der Waals surface area contributed by atoms with Gasteiger partial charge in [-0.3, -0.25) is 10.1 Å². The number of nitrogens with one attached hydrogen (secondary N) is 1. The van der Waals surface area contributed by atoms with Gasteiger partial charge in [0.15, 0.2) is 5.13 Å². The summed E-state index contributed by atoms with van der Waals surface area (Å²) in [6, 6.07) is 5.40. The fourth-order valence-electron chi connectivity index (χ4n) is 1.47. The molecule has 0 aliphatic rings. The molecule has 0 bridgehead atoms. The van der Waals surface area contributed by atoms with Crippen LogP contribution in [-0.2, 0) is 14.3 Å². The molecule has 0 atom stereocenters. The first-order valence-electron chi connectivity index (χ1n) is 5.62. The molecule has 106 valence electrons. The number of hydrogen-bond acceptors (Lipinski definition) is 6. The van der Waals surface area contributed by atoms with Gasteiger partial charge in [0.25, 0.3) is 5.91 Å². The van der Waals surface area contributed by atoms with Gasteiger partial charge in [-0.05, 0) is 18.2 Å². The fraction of sp³-hybridized carbons (Fsp3) is 0.250. The monoisotopic (exact) mass is 296 g/mol. The molecule has 0 aliphatic heterocycles. The van der Waals surface area contributed by atoms with E-state index in [1.165, 1.54) is 11.3 Å². The molecule has 0 saturated carbocycles. The molecule has 2 N–H and O–H groups in total. The van der Waals surface area contributed by atoms with E-state index in [1.54, 1.807) is 19.2 Å². The lowest BCUT2D eigenvalue weighted by Gasteiger charge is -2.00. The second kappa shape index (κ2) is 6.31. The zero-order chi connectivity index (χ0) is 14.5. The van der Waals surface area contributed by atoms with Gasteiger partial charge in [0.2, 0.25) is 0 Å². The van der Waals surface area contributed by atoms with Gasteiger partial charge in [0, 0.05) is 0 Å². The van der Waals surface area contributed by atoms with Crippen LogP contribution in [0.25, 0.3) is 10.2 Å². The van der Waals surface area contributed by atoms with Crippen LogP contribution in [0.3, 0.4) is 0 Å². The van der Waals surface area contributed by atoms with Gasteiger partial charge in [0.05, 0.1) is 17.3 Å². The minimum atomic E-state index is -1.12. The van der Waals surface area contributed by atoms with Crippen molar-refractivity contribution in [2.75, 3.05) is 25.6 Å². The van der Waals surface area contributed by atoms with E-state index in [-0.39, 0.29) is 6.61 Å². The average molecular weight is 296 g/mol. The first-order chi connectivity index (χ1) is 9.58. The maximum Gasteiger partial charge on any atom is 0.329 e. The lowest BCUT2D eigenvalue weighted by Crippen LogP contribution is -2.20. The second-order valence-corrected chi connectivity index (χ2v) is 4.82. The Balaban J connectivity index is 1.99. The van der Waals surface area contributed by atoms with Crippen LogP contribution in [0.4, 0.5) is 5.13 Å². The number of carbonyl (C=O) groups is 2. The number of thiazole rings is 1. The Hall–Kier alpha value is -2.19. The van der Waals surface area contributed by atoms with Crippen molar-refractivity contribution in [3.05, 3.63) is 18.2 Å². The summed E-state index contributed by atoms with van der Waals surface area (Å²) < 4.78 is 10.7. The largest absolute Gasteiger partial charge is 0.497 e. The van der Waals surface area contributed by atoms with Crippen molar-refractivity contribution in [2.45, 2.75) is 0 Å². The minimum absolute atomic E-state index is 0.328.